The predicted molar refractivity (Wildman–Crippen MR) is 173 cm³/mol. The number of hydrogen-bond acceptors (Lipinski definition) is 9. The monoisotopic (exact) mass is 663 g/mol. The predicted octanol–water partition coefficient (Wildman–Crippen LogP) is 7.41. The summed E-state index contributed by atoms with van der Waals surface area (Å²) in [5, 5.41) is 14.9. The van der Waals surface area contributed by atoms with Crippen molar-refractivity contribution in [2.75, 3.05) is 10.6 Å². The van der Waals surface area contributed by atoms with Gasteiger partial charge in [0, 0.05) is 5.56 Å². The molecule has 1 heterocycles. The van der Waals surface area contributed by atoms with Gasteiger partial charge in [0.25, 0.3) is 5.91 Å². The highest BCUT2D eigenvalue weighted by molar-refractivity contribution is 7.94. The van der Waals surface area contributed by atoms with Crippen LogP contribution in [-0.2, 0) is 19.2 Å². The fraction of sp³-hybridized carbons (Fsp3) is 0.242. The van der Waals surface area contributed by atoms with Crippen molar-refractivity contribution in [1.82, 2.24) is 9.97 Å². The summed E-state index contributed by atoms with van der Waals surface area (Å²) in [4.78, 5) is 45.9. The van der Waals surface area contributed by atoms with Crippen molar-refractivity contribution in [3.8, 4) is 17.1 Å². The van der Waals surface area contributed by atoms with Gasteiger partial charge in [-0.15, -0.1) is 4.36 Å². The van der Waals surface area contributed by atoms with Crippen LogP contribution in [-0.4, -0.2) is 48.6 Å². The van der Waals surface area contributed by atoms with Gasteiger partial charge in [-0.3, -0.25) is 10.1 Å². The van der Waals surface area contributed by atoms with Gasteiger partial charge in [-0.2, -0.15) is 0 Å². The summed E-state index contributed by atoms with van der Waals surface area (Å²) in [6.07, 6.45) is 0.316. The first-order chi connectivity index (χ1) is 21.9. The fourth-order valence-electron chi connectivity index (χ4n) is 4.06. The molecule has 0 aliphatic rings. The van der Waals surface area contributed by atoms with E-state index in [9.17, 15) is 28.1 Å². The summed E-state index contributed by atoms with van der Waals surface area (Å²) in [7, 11) is -3.72. The number of aromatic nitrogens is 2. The molecule has 0 spiro atoms. The quantitative estimate of drug-likeness (QED) is 0.190. The van der Waals surface area contributed by atoms with Crippen molar-refractivity contribution in [2.45, 2.75) is 62.5 Å². The van der Waals surface area contributed by atoms with E-state index in [1.54, 1.807) is 71.9 Å². The van der Waals surface area contributed by atoms with Crippen molar-refractivity contribution < 1.29 is 37.6 Å². The number of halogens is 1. The van der Waals surface area contributed by atoms with Gasteiger partial charge in [0.05, 0.1) is 33.6 Å². The summed E-state index contributed by atoms with van der Waals surface area (Å²) in [6.45, 7) is 10.0. The average molecular weight is 664 g/mol. The number of hydrogen-bond donors (Lipinski definition) is 3. The molecule has 1 atom stereocenters. The van der Waals surface area contributed by atoms with E-state index in [2.05, 4.69) is 25.0 Å². The third-order valence-corrected chi connectivity index (χ3v) is 8.21. The van der Waals surface area contributed by atoms with Crippen molar-refractivity contribution >= 4 is 39.2 Å². The van der Waals surface area contributed by atoms with E-state index in [1.807, 2.05) is 0 Å². The largest absolute Gasteiger partial charge is 0.479 e. The maximum Gasteiger partial charge on any atom is 0.442 e. The van der Waals surface area contributed by atoms with Crippen LogP contribution >= 0.6 is 0 Å². The van der Waals surface area contributed by atoms with E-state index in [-0.39, 0.29) is 26.7 Å². The van der Waals surface area contributed by atoms with Crippen LogP contribution in [0.15, 0.2) is 93.3 Å². The molecule has 47 heavy (non-hydrogen) atoms. The summed E-state index contributed by atoms with van der Waals surface area (Å²) < 4.78 is 42.2. The second-order valence-electron chi connectivity index (χ2n) is 12.2. The Morgan fingerprint density at radius 1 is 0.766 bits per heavy atom. The highest BCUT2D eigenvalue weighted by atomic mass is 32.2. The molecule has 0 aliphatic carbocycles. The Kier molecular flexibility index (Phi) is 9.95. The van der Waals surface area contributed by atoms with Crippen molar-refractivity contribution in [3.63, 3.8) is 0 Å². The second kappa shape index (κ2) is 13.5. The molecule has 0 saturated heterocycles. The number of anilines is 2. The molecular weight excluding hydrogens is 629 g/mol. The molecular formula is C33H34FN5O7S. The number of benzene rings is 3. The van der Waals surface area contributed by atoms with Crippen LogP contribution in [0.1, 0.15) is 51.9 Å². The van der Waals surface area contributed by atoms with E-state index >= 15 is 0 Å². The molecule has 0 aliphatic heterocycles. The molecule has 0 saturated carbocycles. The minimum Gasteiger partial charge on any atom is -0.479 e. The van der Waals surface area contributed by atoms with Gasteiger partial charge in [-0.25, -0.2) is 28.2 Å². The Morgan fingerprint density at radius 2 is 1.34 bits per heavy atom. The fourth-order valence-corrected chi connectivity index (χ4v) is 5.68. The highest BCUT2D eigenvalue weighted by Gasteiger charge is 2.24. The summed E-state index contributed by atoms with van der Waals surface area (Å²) in [6, 6.07) is 15.5. The zero-order chi connectivity index (χ0) is 34.6. The van der Waals surface area contributed by atoms with Gasteiger partial charge in [0.1, 0.15) is 26.7 Å². The van der Waals surface area contributed by atoms with Crippen LogP contribution in [0.2, 0.25) is 0 Å². The van der Waals surface area contributed by atoms with E-state index in [0.29, 0.717) is 11.1 Å². The highest BCUT2D eigenvalue weighted by Crippen LogP contribution is 2.31. The Labute approximate surface area is 271 Å². The molecule has 0 fully saturated rings. The second-order valence-corrected chi connectivity index (χ2v) is 14.4. The molecule has 3 aromatic carbocycles. The minimum absolute atomic E-state index is 0.0415. The molecule has 4 rings (SSSR count). The Balaban J connectivity index is 1.68. The van der Waals surface area contributed by atoms with Gasteiger partial charge in [0.15, 0.2) is 0 Å². The van der Waals surface area contributed by atoms with Gasteiger partial charge in [0.2, 0.25) is 0 Å². The third kappa shape index (κ3) is 9.33. The lowest BCUT2D eigenvalue weighted by Gasteiger charge is -2.21. The zero-order valence-corrected chi connectivity index (χ0v) is 27.3. The number of rotatable bonds is 6. The lowest BCUT2D eigenvalue weighted by atomic mass is 10.0. The molecule has 3 N–H and O–H groups in total. The molecule has 1 unspecified atom stereocenters. The molecule has 4 aromatic rings. The molecule has 12 nitrogen and oxygen atoms in total. The molecule has 0 radical (unpaired) electrons. The van der Waals surface area contributed by atoms with Crippen LogP contribution < -0.4 is 10.6 Å². The lowest BCUT2D eigenvalue weighted by molar-refractivity contribution is 0.0603. The molecule has 0 bridgehead atoms. The minimum atomic E-state index is -3.72. The number of nitrogens with zero attached hydrogens (tertiary/aromatic N) is 3. The number of aromatic hydroxyl groups is 1. The van der Waals surface area contributed by atoms with Crippen LogP contribution in [0.25, 0.3) is 11.1 Å². The maximum atomic E-state index is 14.2. The van der Waals surface area contributed by atoms with Gasteiger partial charge in [-0.05, 0) is 101 Å². The van der Waals surface area contributed by atoms with Crippen LogP contribution in [0.5, 0.6) is 6.01 Å². The smallest absolute Gasteiger partial charge is 0.442 e. The van der Waals surface area contributed by atoms with Gasteiger partial charge >= 0.3 is 18.2 Å². The first-order valence-corrected chi connectivity index (χ1v) is 15.8. The van der Waals surface area contributed by atoms with Crippen molar-refractivity contribution in [1.29, 1.82) is 0 Å². The number of ether oxygens (including phenoxy) is 2. The normalized spacial score (nSPS) is 12.7. The number of carbonyl (C=O) groups is 3. The van der Waals surface area contributed by atoms with Crippen LogP contribution in [0.3, 0.4) is 0 Å². The summed E-state index contributed by atoms with van der Waals surface area (Å²) >= 11 is 0. The van der Waals surface area contributed by atoms with Crippen molar-refractivity contribution in [3.05, 3.63) is 90.5 Å². The molecule has 14 heteroatoms. The zero-order valence-electron chi connectivity index (χ0n) is 26.5. The standard InChI is InChI=1S/C33H34FN5O7S/c1-32(2,3)45-30(42)38-26-16-11-22(20-7-12-23(34)13-8-20)17-27(26)37-28(40)21-9-14-24(15-10-21)47(44,25-18-35-29(41)36-19-25)39-31(43)46-33(4,5)6/h7-19H,1-6H3,(H,37,40)(H,38,42)(H,35,36,41). The lowest BCUT2D eigenvalue weighted by Crippen LogP contribution is -2.27. The van der Waals surface area contributed by atoms with Gasteiger partial charge < -0.3 is 19.9 Å². The Morgan fingerprint density at radius 3 is 1.91 bits per heavy atom. The number of amides is 3. The first kappa shape index (κ1) is 34.5. The number of carbonyl (C=O) groups excluding carboxylic acids is 3. The van der Waals surface area contributed by atoms with E-state index in [4.69, 9.17) is 9.47 Å². The topological polar surface area (TPSA) is 169 Å². The molecule has 1 aromatic heterocycles. The maximum absolute atomic E-state index is 14.2. The van der Waals surface area contributed by atoms with E-state index in [0.717, 1.165) is 12.4 Å². The average Bonchev–Trinajstić information content (AvgIpc) is 2.97. The van der Waals surface area contributed by atoms with E-state index in [1.165, 1.54) is 36.4 Å². The summed E-state index contributed by atoms with van der Waals surface area (Å²) in [5.41, 5.74) is 0.189. The van der Waals surface area contributed by atoms with Crippen LogP contribution in [0, 0.1) is 5.82 Å². The van der Waals surface area contributed by atoms with Crippen LogP contribution in [0.4, 0.5) is 25.4 Å². The third-order valence-electron chi connectivity index (χ3n) is 6.05. The molecule has 3 amide bonds. The van der Waals surface area contributed by atoms with E-state index < -0.39 is 50.9 Å². The SMILES string of the molecule is CC(C)(C)OC(=O)N=S(=O)(c1ccc(C(=O)Nc2cc(-c3ccc(F)cc3)ccc2NC(=O)OC(C)(C)C)cc1)c1cnc(O)nc1. The van der Waals surface area contributed by atoms with Crippen molar-refractivity contribution in [2.24, 2.45) is 4.36 Å². The Bertz CT molecular complexity index is 1910. The molecule has 246 valence electrons. The Hall–Kier alpha value is -5.37. The first-order valence-electron chi connectivity index (χ1n) is 14.2. The van der Waals surface area contributed by atoms with Gasteiger partial charge in [-0.1, -0.05) is 18.2 Å². The number of nitrogens with one attached hydrogen (secondary N) is 2. The summed E-state index contributed by atoms with van der Waals surface area (Å²) in [5.74, 6) is -1.00.